The number of benzene rings is 1. The van der Waals surface area contributed by atoms with E-state index in [4.69, 9.17) is 5.11 Å². The first kappa shape index (κ1) is 13.9. The largest absolute Gasteiger partial charge is 0.481 e. The van der Waals surface area contributed by atoms with Crippen molar-refractivity contribution in [2.75, 3.05) is 0 Å². The highest BCUT2D eigenvalue weighted by Gasteiger charge is 2.36. The van der Waals surface area contributed by atoms with Gasteiger partial charge in [0, 0.05) is 12.1 Å². The average Bonchev–Trinajstić information content (AvgIpc) is 2.24. The molecule has 1 rings (SSSR count). The molecular formula is C10H8F3NO4. The van der Waals surface area contributed by atoms with Crippen LogP contribution in [0.15, 0.2) is 24.3 Å². The second-order valence-electron chi connectivity index (χ2n) is 3.56. The Hall–Kier alpha value is -2.12. The van der Waals surface area contributed by atoms with Crippen LogP contribution >= 0.6 is 0 Å². The first-order valence-electron chi connectivity index (χ1n) is 4.74. The molecule has 1 aromatic rings. The lowest BCUT2D eigenvalue weighted by Gasteiger charge is -2.14. The maximum Gasteiger partial charge on any atom is 0.390 e. The van der Waals surface area contributed by atoms with E-state index in [1.807, 2.05) is 0 Å². The Kier molecular flexibility index (Phi) is 3.89. The monoisotopic (exact) mass is 263 g/mol. The average molecular weight is 263 g/mol. The molecule has 1 aromatic carbocycles. The summed E-state index contributed by atoms with van der Waals surface area (Å²) >= 11 is 0. The second kappa shape index (κ2) is 5.03. The minimum Gasteiger partial charge on any atom is -0.481 e. The molecule has 1 N–H and O–H groups in total. The molecule has 8 heteroatoms. The summed E-state index contributed by atoms with van der Waals surface area (Å²) in [5, 5.41) is 19.2. The van der Waals surface area contributed by atoms with E-state index in [1.54, 1.807) is 0 Å². The van der Waals surface area contributed by atoms with Crippen LogP contribution in [0.5, 0.6) is 0 Å². The first-order valence-corrected chi connectivity index (χ1v) is 4.74. The Morgan fingerprint density at radius 2 is 2.06 bits per heavy atom. The van der Waals surface area contributed by atoms with Crippen LogP contribution in [0.3, 0.4) is 0 Å². The number of nitro groups is 1. The van der Waals surface area contributed by atoms with Crippen molar-refractivity contribution in [1.29, 1.82) is 0 Å². The van der Waals surface area contributed by atoms with Gasteiger partial charge >= 0.3 is 12.1 Å². The molecule has 98 valence electrons. The van der Waals surface area contributed by atoms with Crippen molar-refractivity contribution >= 4 is 11.7 Å². The number of nitrogens with zero attached hydrogens (tertiary/aromatic N) is 1. The Morgan fingerprint density at radius 1 is 1.44 bits per heavy atom. The lowest BCUT2D eigenvalue weighted by Crippen LogP contribution is -2.20. The van der Waals surface area contributed by atoms with Gasteiger partial charge in [-0.05, 0) is 5.56 Å². The summed E-state index contributed by atoms with van der Waals surface area (Å²) < 4.78 is 36.6. The van der Waals surface area contributed by atoms with E-state index in [2.05, 4.69) is 0 Å². The van der Waals surface area contributed by atoms with Gasteiger partial charge in [0.1, 0.15) is 0 Å². The molecule has 0 fully saturated rings. The maximum atomic E-state index is 12.2. The standard InChI is InChI=1S/C10H8F3NO4/c11-10(12,13)5-8(9(15)16)6-2-1-3-7(4-6)14(17)18/h1-4,8H,5H2,(H,15,16). The number of aliphatic carboxylic acids is 1. The van der Waals surface area contributed by atoms with E-state index in [-0.39, 0.29) is 5.56 Å². The van der Waals surface area contributed by atoms with Gasteiger partial charge in [0.15, 0.2) is 0 Å². The molecule has 0 bridgehead atoms. The zero-order valence-corrected chi connectivity index (χ0v) is 8.85. The summed E-state index contributed by atoms with van der Waals surface area (Å²) in [5.41, 5.74) is -0.685. The van der Waals surface area contributed by atoms with Crippen LogP contribution < -0.4 is 0 Å². The molecule has 0 aliphatic rings. The van der Waals surface area contributed by atoms with Crippen LogP contribution in [0.25, 0.3) is 0 Å². The molecule has 0 saturated carbocycles. The van der Waals surface area contributed by atoms with Crippen molar-refractivity contribution in [1.82, 2.24) is 0 Å². The van der Waals surface area contributed by atoms with E-state index >= 15 is 0 Å². The zero-order chi connectivity index (χ0) is 13.9. The number of hydrogen-bond donors (Lipinski definition) is 1. The summed E-state index contributed by atoms with van der Waals surface area (Å²) in [6.07, 6.45) is -6.23. The third-order valence-electron chi connectivity index (χ3n) is 2.22. The van der Waals surface area contributed by atoms with E-state index in [9.17, 15) is 28.1 Å². The quantitative estimate of drug-likeness (QED) is 0.669. The third-order valence-corrected chi connectivity index (χ3v) is 2.22. The smallest absolute Gasteiger partial charge is 0.390 e. The van der Waals surface area contributed by atoms with Crippen molar-refractivity contribution in [3.63, 3.8) is 0 Å². The number of carbonyl (C=O) groups is 1. The van der Waals surface area contributed by atoms with Gasteiger partial charge < -0.3 is 5.11 Å². The molecule has 5 nitrogen and oxygen atoms in total. The van der Waals surface area contributed by atoms with Crippen LogP contribution in [0, 0.1) is 10.1 Å². The molecule has 0 aromatic heterocycles. The van der Waals surface area contributed by atoms with Gasteiger partial charge in [-0.15, -0.1) is 0 Å². The fourth-order valence-electron chi connectivity index (χ4n) is 1.43. The van der Waals surface area contributed by atoms with Gasteiger partial charge in [-0.3, -0.25) is 14.9 Å². The summed E-state index contributed by atoms with van der Waals surface area (Å²) in [7, 11) is 0. The summed E-state index contributed by atoms with van der Waals surface area (Å²) in [6, 6.07) is 4.19. The van der Waals surface area contributed by atoms with E-state index in [0.29, 0.717) is 0 Å². The Balaban J connectivity index is 3.10. The van der Waals surface area contributed by atoms with Gasteiger partial charge in [0.05, 0.1) is 17.3 Å². The van der Waals surface area contributed by atoms with Gasteiger partial charge in [0.25, 0.3) is 5.69 Å². The Labute approximate surface area is 99.0 Å². The zero-order valence-electron chi connectivity index (χ0n) is 8.85. The minimum atomic E-state index is -4.66. The molecular weight excluding hydrogens is 255 g/mol. The summed E-state index contributed by atoms with van der Waals surface area (Å²) in [5.74, 6) is -3.52. The molecule has 0 saturated heterocycles. The van der Waals surface area contributed by atoms with Crippen molar-refractivity contribution < 1.29 is 28.0 Å². The van der Waals surface area contributed by atoms with Gasteiger partial charge in [0.2, 0.25) is 0 Å². The second-order valence-corrected chi connectivity index (χ2v) is 3.56. The normalized spacial score (nSPS) is 13.1. The molecule has 0 heterocycles. The first-order chi connectivity index (χ1) is 8.20. The van der Waals surface area contributed by atoms with Gasteiger partial charge in [-0.1, -0.05) is 12.1 Å². The predicted molar refractivity (Wildman–Crippen MR) is 54.1 cm³/mol. The SMILES string of the molecule is O=C(O)C(CC(F)(F)F)c1cccc([N+](=O)[O-])c1. The number of non-ortho nitro benzene ring substituents is 1. The third kappa shape index (κ3) is 3.72. The van der Waals surface area contributed by atoms with Crippen LogP contribution in [-0.4, -0.2) is 22.2 Å². The summed E-state index contributed by atoms with van der Waals surface area (Å²) in [6.45, 7) is 0. The number of carboxylic acid groups (broad SMARTS) is 1. The Morgan fingerprint density at radius 3 is 2.50 bits per heavy atom. The lowest BCUT2D eigenvalue weighted by atomic mass is 9.95. The van der Waals surface area contributed by atoms with Gasteiger partial charge in [-0.2, -0.15) is 13.2 Å². The molecule has 1 atom stereocenters. The number of rotatable bonds is 4. The fourth-order valence-corrected chi connectivity index (χ4v) is 1.43. The van der Waals surface area contributed by atoms with Crippen molar-refractivity contribution in [3.05, 3.63) is 39.9 Å². The molecule has 0 spiro atoms. The highest BCUT2D eigenvalue weighted by Crippen LogP contribution is 2.32. The van der Waals surface area contributed by atoms with E-state index in [0.717, 1.165) is 24.3 Å². The van der Waals surface area contributed by atoms with Crippen molar-refractivity contribution in [2.45, 2.75) is 18.5 Å². The number of hydrogen-bond acceptors (Lipinski definition) is 3. The van der Waals surface area contributed by atoms with Crippen LogP contribution in [0.1, 0.15) is 17.9 Å². The highest BCUT2D eigenvalue weighted by molar-refractivity contribution is 5.76. The van der Waals surface area contributed by atoms with Crippen LogP contribution in [0.2, 0.25) is 0 Å². The topological polar surface area (TPSA) is 80.4 Å². The van der Waals surface area contributed by atoms with Crippen molar-refractivity contribution in [3.8, 4) is 0 Å². The van der Waals surface area contributed by atoms with Gasteiger partial charge in [-0.25, -0.2) is 0 Å². The molecule has 0 amide bonds. The molecule has 18 heavy (non-hydrogen) atoms. The fraction of sp³-hybridized carbons (Fsp3) is 0.300. The Bertz CT molecular complexity index is 472. The van der Waals surface area contributed by atoms with E-state index in [1.165, 1.54) is 0 Å². The number of halogens is 3. The molecule has 1 unspecified atom stereocenters. The van der Waals surface area contributed by atoms with Crippen LogP contribution in [0.4, 0.5) is 18.9 Å². The van der Waals surface area contributed by atoms with Crippen LogP contribution in [-0.2, 0) is 4.79 Å². The van der Waals surface area contributed by atoms with E-state index < -0.39 is 35.1 Å². The number of nitro benzene ring substituents is 1. The molecule has 0 radical (unpaired) electrons. The molecule has 0 aliphatic carbocycles. The lowest BCUT2D eigenvalue weighted by molar-refractivity contribution is -0.384. The number of carboxylic acids is 1. The maximum absolute atomic E-state index is 12.2. The number of alkyl halides is 3. The summed E-state index contributed by atoms with van der Waals surface area (Å²) in [4.78, 5) is 20.5. The minimum absolute atomic E-state index is 0.242. The van der Waals surface area contributed by atoms with Crippen molar-refractivity contribution in [2.24, 2.45) is 0 Å². The highest BCUT2D eigenvalue weighted by atomic mass is 19.4. The molecule has 0 aliphatic heterocycles. The predicted octanol–water partition coefficient (Wildman–Crippen LogP) is 2.72.